The van der Waals surface area contributed by atoms with Crippen molar-refractivity contribution in [3.63, 3.8) is 0 Å². The van der Waals surface area contributed by atoms with Gasteiger partial charge in [-0.25, -0.2) is 0 Å². The van der Waals surface area contributed by atoms with E-state index in [1.54, 1.807) is 6.20 Å². The van der Waals surface area contributed by atoms with Gasteiger partial charge < -0.3 is 5.32 Å². The first kappa shape index (κ1) is 15.1. The first-order valence-electron chi connectivity index (χ1n) is 6.99. The first-order chi connectivity index (χ1) is 9.51. The maximum atomic E-state index is 6.28. The second kappa shape index (κ2) is 6.42. The minimum absolute atomic E-state index is 0.182. The van der Waals surface area contributed by atoms with E-state index in [9.17, 15) is 0 Å². The Morgan fingerprint density at radius 1 is 1.25 bits per heavy atom. The Morgan fingerprint density at radius 3 is 2.40 bits per heavy atom. The highest BCUT2D eigenvalue weighted by Crippen LogP contribution is 2.25. The third kappa shape index (κ3) is 3.41. The fourth-order valence-corrected chi connectivity index (χ4v) is 3.04. The van der Waals surface area contributed by atoms with E-state index in [-0.39, 0.29) is 6.04 Å². The number of rotatable bonds is 5. The normalized spacial score (nSPS) is 12.7. The molecule has 0 radical (unpaired) electrons. The number of aromatic nitrogens is 2. The molecule has 0 saturated carbocycles. The topological polar surface area (TPSA) is 29.9 Å². The largest absolute Gasteiger partial charge is 0.309 e. The van der Waals surface area contributed by atoms with Crippen molar-refractivity contribution in [1.29, 1.82) is 0 Å². The Balaban J connectivity index is 2.30. The molecule has 0 aliphatic rings. The van der Waals surface area contributed by atoms with Crippen molar-refractivity contribution in [2.45, 2.75) is 33.2 Å². The molecule has 2 aromatic rings. The van der Waals surface area contributed by atoms with Gasteiger partial charge in [-0.15, -0.1) is 0 Å². The zero-order chi connectivity index (χ0) is 14.7. The van der Waals surface area contributed by atoms with Crippen molar-refractivity contribution in [2.24, 2.45) is 7.05 Å². The fourth-order valence-electron chi connectivity index (χ4n) is 2.75. The quantitative estimate of drug-likeness (QED) is 0.912. The second-order valence-electron chi connectivity index (χ2n) is 5.31. The zero-order valence-corrected chi connectivity index (χ0v) is 13.3. The molecule has 1 heterocycles. The van der Waals surface area contributed by atoms with Crippen molar-refractivity contribution in [1.82, 2.24) is 15.1 Å². The average molecular weight is 292 g/mol. The molecule has 108 valence electrons. The number of halogens is 1. The van der Waals surface area contributed by atoms with Crippen LogP contribution in [0, 0.1) is 13.8 Å². The van der Waals surface area contributed by atoms with Gasteiger partial charge in [0.2, 0.25) is 0 Å². The third-order valence-corrected chi connectivity index (χ3v) is 3.73. The molecule has 3 nitrogen and oxygen atoms in total. The van der Waals surface area contributed by atoms with Crippen LogP contribution < -0.4 is 5.32 Å². The van der Waals surface area contributed by atoms with Gasteiger partial charge in [0.15, 0.2) is 0 Å². The SMILES string of the molecule is CCNC(Cc1cc(C)cc(C)c1)c1c(Cl)cnn1C. The fraction of sp³-hybridized carbons (Fsp3) is 0.438. The standard InChI is InChI=1S/C16H22ClN3/c1-5-18-15(16-14(17)10-19-20(16)4)9-13-7-11(2)6-12(3)8-13/h6-8,10,15,18H,5,9H2,1-4H3. The van der Waals surface area contributed by atoms with Gasteiger partial charge in [0.25, 0.3) is 0 Å². The van der Waals surface area contributed by atoms with Crippen molar-refractivity contribution in [3.05, 3.63) is 51.8 Å². The van der Waals surface area contributed by atoms with E-state index in [0.717, 1.165) is 23.7 Å². The lowest BCUT2D eigenvalue weighted by atomic mass is 9.99. The van der Waals surface area contributed by atoms with Crippen LogP contribution in [-0.2, 0) is 13.5 Å². The highest BCUT2D eigenvalue weighted by atomic mass is 35.5. The summed E-state index contributed by atoms with van der Waals surface area (Å²) >= 11 is 6.28. The Kier molecular flexibility index (Phi) is 4.84. The lowest BCUT2D eigenvalue weighted by Gasteiger charge is -2.19. The van der Waals surface area contributed by atoms with Gasteiger partial charge in [0, 0.05) is 7.05 Å². The van der Waals surface area contributed by atoms with Crippen LogP contribution in [0.5, 0.6) is 0 Å². The molecule has 0 fully saturated rings. The van der Waals surface area contributed by atoms with E-state index in [0.29, 0.717) is 0 Å². The second-order valence-corrected chi connectivity index (χ2v) is 5.72. The predicted molar refractivity (Wildman–Crippen MR) is 84.3 cm³/mol. The molecule has 1 N–H and O–H groups in total. The zero-order valence-electron chi connectivity index (χ0n) is 12.6. The number of aryl methyl sites for hydroxylation is 3. The van der Waals surface area contributed by atoms with E-state index in [2.05, 4.69) is 49.4 Å². The molecular weight excluding hydrogens is 270 g/mol. The molecule has 0 bridgehead atoms. The average Bonchev–Trinajstić information content (AvgIpc) is 2.67. The van der Waals surface area contributed by atoms with Gasteiger partial charge in [-0.2, -0.15) is 5.10 Å². The Hall–Kier alpha value is -1.32. The minimum Gasteiger partial charge on any atom is -0.309 e. The third-order valence-electron chi connectivity index (χ3n) is 3.44. The summed E-state index contributed by atoms with van der Waals surface area (Å²) in [5.74, 6) is 0. The summed E-state index contributed by atoms with van der Waals surface area (Å²) < 4.78 is 1.86. The number of hydrogen-bond acceptors (Lipinski definition) is 2. The van der Waals surface area contributed by atoms with E-state index in [1.807, 2.05) is 11.7 Å². The van der Waals surface area contributed by atoms with Crippen LogP contribution in [0.15, 0.2) is 24.4 Å². The van der Waals surface area contributed by atoms with Crippen molar-refractivity contribution in [3.8, 4) is 0 Å². The van der Waals surface area contributed by atoms with Crippen molar-refractivity contribution >= 4 is 11.6 Å². The molecule has 4 heteroatoms. The van der Waals surface area contributed by atoms with Crippen LogP contribution in [0.2, 0.25) is 5.02 Å². The first-order valence-corrected chi connectivity index (χ1v) is 7.37. The van der Waals surface area contributed by atoms with Gasteiger partial charge in [-0.3, -0.25) is 4.68 Å². The molecule has 0 spiro atoms. The monoisotopic (exact) mass is 291 g/mol. The summed E-state index contributed by atoms with van der Waals surface area (Å²) in [6, 6.07) is 6.85. The number of nitrogens with zero attached hydrogens (tertiary/aromatic N) is 2. The predicted octanol–water partition coefficient (Wildman–Crippen LogP) is 3.58. The summed E-state index contributed by atoms with van der Waals surface area (Å²) in [4.78, 5) is 0. The molecule has 1 atom stereocenters. The van der Waals surface area contributed by atoms with Crippen molar-refractivity contribution in [2.75, 3.05) is 6.54 Å². The van der Waals surface area contributed by atoms with E-state index in [1.165, 1.54) is 16.7 Å². The molecule has 2 rings (SSSR count). The number of likely N-dealkylation sites (N-methyl/N-ethyl adjacent to an activating group) is 1. The molecule has 1 aromatic heterocycles. The van der Waals surface area contributed by atoms with Crippen LogP contribution in [0.25, 0.3) is 0 Å². The summed E-state index contributed by atoms with van der Waals surface area (Å²) in [6.07, 6.45) is 2.62. The lowest BCUT2D eigenvalue weighted by Crippen LogP contribution is -2.25. The van der Waals surface area contributed by atoms with Gasteiger partial charge in [-0.05, 0) is 32.4 Å². The minimum atomic E-state index is 0.182. The van der Waals surface area contributed by atoms with Crippen LogP contribution >= 0.6 is 11.6 Å². The highest BCUT2D eigenvalue weighted by molar-refractivity contribution is 6.31. The lowest BCUT2D eigenvalue weighted by molar-refractivity contribution is 0.508. The Morgan fingerprint density at radius 2 is 1.90 bits per heavy atom. The highest BCUT2D eigenvalue weighted by Gasteiger charge is 2.18. The molecule has 1 aromatic carbocycles. The maximum Gasteiger partial charge on any atom is 0.0834 e. The number of hydrogen-bond donors (Lipinski definition) is 1. The van der Waals surface area contributed by atoms with E-state index >= 15 is 0 Å². The molecule has 0 aliphatic carbocycles. The van der Waals surface area contributed by atoms with Crippen LogP contribution in [0.4, 0.5) is 0 Å². The van der Waals surface area contributed by atoms with Crippen molar-refractivity contribution < 1.29 is 0 Å². The van der Waals surface area contributed by atoms with Gasteiger partial charge in [-0.1, -0.05) is 47.9 Å². The molecular formula is C16H22ClN3. The summed E-state index contributed by atoms with van der Waals surface area (Å²) in [6.45, 7) is 7.28. The molecule has 0 aliphatic heterocycles. The smallest absolute Gasteiger partial charge is 0.0834 e. The molecule has 0 saturated heterocycles. The molecule has 20 heavy (non-hydrogen) atoms. The Bertz CT molecular complexity index is 550. The van der Waals surface area contributed by atoms with E-state index < -0.39 is 0 Å². The summed E-state index contributed by atoms with van der Waals surface area (Å²) in [5.41, 5.74) is 4.97. The number of benzene rings is 1. The number of nitrogens with one attached hydrogen (secondary N) is 1. The van der Waals surface area contributed by atoms with Gasteiger partial charge in [0.05, 0.1) is 23.0 Å². The van der Waals surface area contributed by atoms with Gasteiger partial charge in [0.1, 0.15) is 0 Å². The van der Waals surface area contributed by atoms with Crippen LogP contribution in [-0.4, -0.2) is 16.3 Å². The summed E-state index contributed by atoms with van der Waals surface area (Å²) in [5, 5.41) is 8.47. The van der Waals surface area contributed by atoms with Crippen LogP contribution in [0.3, 0.4) is 0 Å². The molecule has 1 unspecified atom stereocenters. The van der Waals surface area contributed by atoms with Gasteiger partial charge >= 0.3 is 0 Å². The maximum absolute atomic E-state index is 6.28. The van der Waals surface area contributed by atoms with E-state index in [4.69, 9.17) is 11.6 Å². The summed E-state index contributed by atoms with van der Waals surface area (Å²) in [7, 11) is 1.94. The molecule has 0 amide bonds. The van der Waals surface area contributed by atoms with Crippen LogP contribution in [0.1, 0.15) is 35.3 Å². The Labute approximate surface area is 126 Å².